The van der Waals surface area contributed by atoms with Crippen LogP contribution in [0.3, 0.4) is 0 Å². The number of nitrogens with one attached hydrogen (secondary N) is 1. The van der Waals surface area contributed by atoms with Crippen LogP contribution in [0.5, 0.6) is 0 Å². The van der Waals surface area contributed by atoms with Gasteiger partial charge in [0.15, 0.2) is 0 Å². The van der Waals surface area contributed by atoms with Gasteiger partial charge in [-0.25, -0.2) is 4.98 Å². The number of benzene rings is 1. The Morgan fingerprint density at radius 1 is 1.21 bits per heavy atom. The zero-order valence-electron chi connectivity index (χ0n) is 9.78. The third-order valence-electron chi connectivity index (χ3n) is 2.52. The van der Waals surface area contributed by atoms with Crippen LogP contribution in [0.2, 0.25) is 10.0 Å². The molecule has 1 heterocycles. The molecule has 0 spiro atoms. The number of rotatable bonds is 2. The SMILES string of the molecule is CCNc1cc(C(F)(F)F)nc2c(Cl)ccc(Cl)c12. The molecule has 102 valence electrons. The fraction of sp³-hybridized carbons (Fsp3) is 0.250. The first-order valence-corrected chi connectivity index (χ1v) is 6.20. The van der Waals surface area contributed by atoms with Gasteiger partial charge >= 0.3 is 6.18 Å². The third kappa shape index (κ3) is 2.72. The summed E-state index contributed by atoms with van der Waals surface area (Å²) < 4.78 is 38.4. The van der Waals surface area contributed by atoms with Crippen LogP contribution in [0.25, 0.3) is 10.9 Å². The normalized spacial score (nSPS) is 11.9. The third-order valence-corrected chi connectivity index (χ3v) is 3.14. The minimum absolute atomic E-state index is 0.0416. The molecule has 1 N–H and O–H groups in total. The summed E-state index contributed by atoms with van der Waals surface area (Å²) in [5.41, 5.74) is -0.688. The maximum Gasteiger partial charge on any atom is 0.433 e. The summed E-state index contributed by atoms with van der Waals surface area (Å²) in [4.78, 5) is 3.57. The average molecular weight is 309 g/mol. The zero-order valence-corrected chi connectivity index (χ0v) is 11.3. The first kappa shape index (κ1) is 14.2. The Kier molecular flexibility index (Phi) is 3.78. The van der Waals surface area contributed by atoms with Crippen LogP contribution in [0, 0.1) is 0 Å². The van der Waals surface area contributed by atoms with Crippen molar-refractivity contribution in [3.8, 4) is 0 Å². The van der Waals surface area contributed by atoms with Gasteiger partial charge in [-0.05, 0) is 25.1 Å². The average Bonchev–Trinajstić information content (AvgIpc) is 2.33. The molecule has 2 rings (SSSR count). The summed E-state index contributed by atoms with van der Waals surface area (Å²) >= 11 is 11.9. The van der Waals surface area contributed by atoms with E-state index in [-0.39, 0.29) is 16.2 Å². The van der Waals surface area contributed by atoms with Gasteiger partial charge in [0.1, 0.15) is 5.69 Å². The molecular formula is C12H9Cl2F3N2. The van der Waals surface area contributed by atoms with Crippen molar-refractivity contribution >= 4 is 39.8 Å². The van der Waals surface area contributed by atoms with E-state index >= 15 is 0 Å². The minimum Gasteiger partial charge on any atom is -0.385 e. The highest BCUT2D eigenvalue weighted by Gasteiger charge is 2.33. The molecule has 0 atom stereocenters. The first-order chi connectivity index (χ1) is 8.84. The highest BCUT2D eigenvalue weighted by molar-refractivity contribution is 6.40. The molecule has 0 amide bonds. The van der Waals surface area contributed by atoms with Gasteiger partial charge in [-0.15, -0.1) is 0 Å². The lowest BCUT2D eigenvalue weighted by atomic mass is 10.1. The molecule has 1 aromatic heterocycles. The maximum absolute atomic E-state index is 12.8. The molecule has 0 radical (unpaired) electrons. The molecule has 0 unspecified atom stereocenters. The van der Waals surface area contributed by atoms with E-state index in [1.165, 1.54) is 12.1 Å². The van der Waals surface area contributed by atoms with Crippen LogP contribution in [-0.4, -0.2) is 11.5 Å². The van der Waals surface area contributed by atoms with Crippen LogP contribution < -0.4 is 5.32 Å². The van der Waals surface area contributed by atoms with Crippen molar-refractivity contribution in [1.29, 1.82) is 0 Å². The van der Waals surface area contributed by atoms with Crippen LogP contribution in [0.4, 0.5) is 18.9 Å². The predicted molar refractivity (Wildman–Crippen MR) is 70.9 cm³/mol. The maximum atomic E-state index is 12.8. The summed E-state index contributed by atoms with van der Waals surface area (Å²) in [7, 11) is 0. The molecule has 2 nitrogen and oxygen atoms in total. The summed E-state index contributed by atoms with van der Waals surface area (Å²) in [5, 5.41) is 3.67. The number of pyridine rings is 1. The van der Waals surface area contributed by atoms with Gasteiger partial charge < -0.3 is 5.32 Å². The van der Waals surface area contributed by atoms with Crippen LogP contribution in [-0.2, 0) is 6.18 Å². The van der Waals surface area contributed by atoms with Crippen LogP contribution in [0.15, 0.2) is 18.2 Å². The number of nitrogens with zero attached hydrogens (tertiary/aromatic N) is 1. The molecule has 0 bridgehead atoms. The van der Waals surface area contributed by atoms with Gasteiger partial charge in [0.25, 0.3) is 0 Å². The lowest BCUT2D eigenvalue weighted by Gasteiger charge is -2.14. The van der Waals surface area contributed by atoms with Crippen LogP contribution in [0.1, 0.15) is 12.6 Å². The summed E-state index contributed by atoms with van der Waals surface area (Å²) in [6.07, 6.45) is -4.54. The van der Waals surface area contributed by atoms with Crippen molar-refractivity contribution in [2.75, 3.05) is 11.9 Å². The van der Waals surface area contributed by atoms with Gasteiger partial charge in [0.05, 0.1) is 15.6 Å². The van der Waals surface area contributed by atoms with Gasteiger partial charge in [0, 0.05) is 17.6 Å². The van der Waals surface area contributed by atoms with Gasteiger partial charge in [0.2, 0.25) is 0 Å². The van der Waals surface area contributed by atoms with Crippen molar-refractivity contribution in [2.24, 2.45) is 0 Å². The molecule has 7 heteroatoms. The van der Waals surface area contributed by atoms with E-state index in [1.807, 2.05) is 0 Å². The van der Waals surface area contributed by atoms with Crippen LogP contribution >= 0.6 is 23.2 Å². The highest BCUT2D eigenvalue weighted by Crippen LogP contribution is 2.38. The van der Waals surface area contributed by atoms with Crippen molar-refractivity contribution in [2.45, 2.75) is 13.1 Å². The smallest absolute Gasteiger partial charge is 0.385 e. The molecule has 0 aliphatic carbocycles. The molecule has 2 aromatic rings. The summed E-state index contributed by atoms with van der Waals surface area (Å²) in [6, 6.07) is 3.89. The van der Waals surface area contributed by atoms with E-state index in [9.17, 15) is 13.2 Å². The Balaban J connectivity index is 2.83. The topological polar surface area (TPSA) is 24.9 Å². The number of halogens is 5. The summed E-state index contributed by atoms with van der Waals surface area (Å²) in [5.74, 6) is 0. The van der Waals surface area contributed by atoms with Gasteiger partial charge in [-0.1, -0.05) is 23.2 Å². The Hall–Kier alpha value is -1.20. The molecule has 19 heavy (non-hydrogen) atoms. The highest BCUT2D eigenvalue weighted by atomic mass is 35.5. The Labute approximate surface area is 117 Å². The van der Waals surface area contributed by atoms with E-state index in [1.54, 1.807) is 6.92 Å². The number of aromatic nitrogens is 1. The van der Waals surface area contributed by atoms with Crippen molar-refractivity contribution in [3.63, 3.8) is 0 Å². The fourth-order valence-corrected chi connectivity index (χ4v) is 2.20. The zero-order chi connectivity index (χ0) is 14.2. The van der Waals surface area contributed by atoms with E-state index < -0.39 is 11.9 Å². The molecule has 0 aliphatic heterocycles. The molecule has 0 saturated heterocycles. The van der Waals surface area contributed by atoms with Gasteiger partial charge in [-0.3, -0.25) is 0 Å². The standard InChI is InChI=1S/C12H9Cl2F3N2/c1-2-18-8-5-9(12(15,16)17)19-11-7(14)4-3-6(13)10(8)11/h3-5H,2H2,1H3,(H,18,19). The number of fused-ring (bicyclic) bond motifs is 1. The quantitative estimate of drug-likeness (QED) is 0.845. The largest absolute Gasteiger partial charge is 0.433 e. The minimum atomic E-state index is -4.54. The molecule has 0 aliphatic rings. The molecule has 0 saturated carbocycles. The number of alkyl halides is 3. The Morgan fingerprint density at radius 2 is 1.84 bits per heavy atom. The molecule has 0 fully saturated rings. The van der Waals surface area contributed by atoms with Crippen molar-refractivity contribution in [1.82, 2.24) is 4.98 Å². The summed E-state index contributed by atoms with van der Waals surface area (Å²) in [6.45, 7) is 2.23. The van der Waals surface area contributed by atoms with Crippen molar-refractivity contribution < 1.29 is 13.2 Å². The molecular weight excluding hydrogens is 300 g/mol. The monoisotopic (exact) mass is 308 g/mol. The lowest BCUT2D eigenvalue weighted by Crippen LogP contribution is -2.10. The fourth-order valence-electron chi connectivity index (χ4n) is 1.74. The Morgan fingerprint density at radius 3 is 2.42 bits per heavy atom. The Bertz CT molecular complexity index is 626. The lowest BCUT2D eigenvalue weighted by molar-refractivity contribution is -0.140. The number of hydrogen-bond donors (Lipinski definition) is 1. The number of anilines is 1. The van der Waals surface area contributed by atoms with E-state index in [0.717, 1.165) is 6.07 Å². The van der Waals surface area contributed by atoms with E-state index in [4.69, 9.17) is 23.2 Å². The van der Waals surface area contributed by atoms with Gasteiger partial charge in [-0.2, -0.15) is 13.2 Å². The van der Waals surface area contributed by atoms with Crippen molar-refractivity contribution in [3.05, 3.63) is 33.9 Å². The first-order valence-electron chi connectivity index (χ1n) is 5.44. The number of hydrogen-bond acceptors (Lipinski definition) is 2. The predicted octanol–water partition coefficient (Wildman–Crippen LogP) is 4.99. The van der Waals surface area contributed by atoms with E-state index in [2.05, 4.69) is 10.3 Å². The second kappa shape index (κ2) is 5.06. The second-order valence-electron chi connectivity index (χ2n) is 3.84. The van der Waals surface area contributed by atoms with E-state index in [0.29, 0.717) is 17.0 Å². The molecule has 1 aromatic carbocycles. The second-order valence-corrected chi connectivity index (χ2v) is 4.65.